The largest absolute Gasteiger partial charge is 0.399 e. The van der Waals surface area contributed by atoms with Crippen LogP contribution in [0.25, 0.3) is 0 Å². The van der Waals surface area contributed by atoms with Gasteiger partial charge in [0.05, 0.1) is 19.8 Å². The van der Waals surface area contributed by atoms with Crippen LogP contribution in [0.2, 0.25) is 0 Å². The van der Waals surface area contributed by atoms with Crippen LogP contribution in [-0.2, 0) is 4.74 Å². The predicted molar refractivity (Wildman–Crippen MR) is 76.0 cm³/mol. The molecule has 0 aliphatic heterocycles. The molecule has 4 heteroatoms. The van der Waals surface area contributed by atoms with Crippen LogP contribution < -0.4 is 10.6 Å². The zero-order chi connectivity index (χ0) is 13.5. The Balaban J connectivity index is 2.71. The SMILES string of the molecule is Cc1cc(N)cc(N(CCOCCO)C(C)C)c1. The normalized spacial score (nSPS) is 10.9. The van der Waals surface area contributed by atoms with Gasteiger partial charge >= 0.3 is 0 Å². The number of benzene rings is 1. The Morgan fingerprint density at radius 3 is 2.56 bits per heavy atom. The minimum absolute atomic E-state index is 0.0685. The molecule has 0 radical (unpaired) electrons. The van der Waals surface area contributed by atoms with E-state index in [1.54, 1.807) is 0 Å². The monoisotopic (exact) mass is 252 g/mol. The first kappa shape index (κ1) is 14.8. The molecule has 0 saturated heterocycles. The van der Waals surface area contributed by atoms with Crippen molar-refractivity contribution in [2.45, 2.75) is 26.8 Å². The molecule has 102 valence electrons. The third-order valence-corrected chi connectivity index (χ3v) is 2.75. The molecule has 0 aromatic heterocycles. The first-order valence-electron chi connectivity index (χ1n) is 6.37. The van der Waals surface area contributed by atoms with Gasteiger partial charge in [-0.1, -0.05) is 0 Å². The summed E-state index contributed by atoms with van der Waals surface area (Å²) in [6.45, 7) is 8.18. The molecule has 1 aromatic rings. The van der Waals surface area contributed by atoms with E-state index in [0.29, 0.717) is 19.3 Å². The number of rotatable bonds is 7. The maximum atomic E-state index is 8.68. The van der Waals surface area contributed by atoms with Gasteiger partial charge in [0.15, 0.2) is 0 Å². The smallest absolute Gasteiger partial charge is 0.0698 e. The summed E-state index contributed by atoms with van der Waals surface area (Å²) in [7, 11) is 0. The number of hydrogen-bond donors (Lipinski definition) is 2. The molecule has 0 bridgehead atoms. The van der Waals surface area contributed by atoms with E-state index >= 15 is 0 Å². The Labute approximate surface area is 109 Å². The lowest BCUT2D eigenvalue weighted by molar-refractivity contribution is 0.0961. The fourth-order valence-electron chi connectivity index (χ4n) is 1.97. The van der Waals surface area contributed by atoms with Crippen molar-refractivity contribution in [1.82, 2.24) is 0 Å². The van der Waals surface area contributed by atoms with Crippen molar-refractivity contribution in [3.63, 3.8) is 0 Å². The Morgan fingerprint density at radius 1 is 1.28 bits per heavy atom. The van der Waals surface area contributed by atoms with Crippen LogP contribution in [0, 0.1) is 6.92 Å². The lowest BCUT2D eigenvalue weighted by atomic mass is 10.1. The van der Waals surface area contributed by atoms with Gasteiger partial charge in [0.2, 0.25) is 0 Å². The highest BCUT2D eigenvalue weighted by molar-refractivity contribution is 5.58. The van der Waals surface area contributed by atoms with Gasteiger partial charge in [0, 0.05) is 24.0 Å². The van der Waals surface area contributed by atoms with E-state index < -0.39 is 0 Å². The number of nitrogens with two attached hydrogens (primary N) is 1. The van der Waals surface area contributed by atoms with Crippen molar-refractivity contribution >= 4 is 11.4 Å². The van der Waals surface area contributed by atoms with Crippen molar-refractivity contribution < 1.29 is 9.84 Å². The molecule has 0 atom stereocenters. The first-order chi connectivity index (χ1) is 8.54. The highest BCUT2D eigenvalue weighted by Crippen LogP contribution is 2.22. The second kappa shape index (κ2) is 7.24. The summed E-state index contributed by atoms with van der Waals surface area (Å²) >= 11 is 0. The summed E-state index contributed by atoms with van der Waals surface area (Å²) in [6, 6.07) is 6.45. The molecule has 0 aliphatic carbocycles. The Hall–Kier alpha value is -1.26. The zero-order valence-corrected chi connectivity index (χ0v) is 11.5. The summed E-state index contributed by atoms with van der Waals surface area (Å²) < 4.78 is 5.32. The maximum Gasteiger partial charge on any atom is 0.0698 e. The van der Waals surface area contributed by atoms with Gasteiger partial charge in [-0.25, -0.2) is 0 Å². The van der Waals surface area contributed by atoms with Crippen molar-refractivity contribution in [3.8, 4) is 0 Å². The molecule has 0 spiro atoms. The minimum Gasteiger partial charge on any atom is -0.399 e. The number of aliphatic hydroxyl groups is 1. The van der Waals surface area contributed by atoms with Crippen LogP contribution in [0.3, 0.4) is 0 Å². The van der Waals surface area contributed by atoms with Crippen molar-refractivity contribution in [3.05, 3.63) is 23.8 Å². The summed E-state index contributed by atoms with van der Waals surface area (Å²) in [5, 5.41) is 8.68. The van der Waals surface area contributed by atoms with Gasteiger partial charge in [-0.3, -0.25) is 0 Å². The number of aryl methyl sites for hydroxylation is 1. The van der Waals surface area contributed by atoms with Gasteiger partial charge in [-0.2, -0.15) is 0 Å². The Kier molecular flexibility index (Phi) is 5.95. The molecule has 0 amide bonds. The van der Waals surface area contributed by atoms with Crippen molar-refractivity contribution in [2.24, 2.45) is 0 Å². The number of nitrogens with zero attached hydrogens (tertiary/aromatic N) is 1. The average molecular weight is 252 g/mol. The van der Waals surface area contributed by atoms with Crippen LogP contribution in [0.1, 0.15) is 19.4 Å². The second-order valence-electron chi connectivity index (χ2n) is 4.73. The zero-order valence-electron chi connectivity index (χ0n) is 11.5. The van der Waals surface area contributed by atoms with Crippen LogP contribution in [0.5, 0.6) is 0 Å². The summed E-state index contributed by atoms with van der Waals surface area (Å²) in [5.41, 5.74) is 8.95. The van der Waals surface area contributed by atoms with Crippen LogP contribution in [0.15, 0.2) is 18.2 Å². The predicted octanol–water partition coefficient (Wildman–Crippen LogP) is 1.80. The number of ether oxygens (including phenoxy) is 1. The molecule has 0 aliphatic rings. The van der Waals surface area contributed by atoms with E-state index in [2.05, 4.69) is 24.8 Å². The minimum atomic E-state index is 0.0685. The second-order valence-corrected chi connectivity index (χ2v) is 4.73. The van der Waals surface area contributed by atoms with Crippen molar-refractivity contribution in [1.29, 1.82) is 0 Å². The fourth-order valence-corrected chi connectivity index (χ4v) is 1.97. The van der Waals surface area contributed by atoms with Gasteiger partial charge in [0.1, 0.15) is 0 Å². The quantitative estimate of drug-likeness (QED) is 0.574. The molecule has 0 unspecified atom stereocenters. The van der Waals surface area contributed by atoms with Gasteiger partial charge in [-0.05, 0) is 44.5 Å². The van der Waals surface area contributed by atoms with Crippen LogP contribution >= 0.6 is 0 Å². The standard InChI is InChI=1S/C14H24N2O2/c1-11(2)16(4-6-18-7-5-17)14-9-12(3)8-13(15)10-14/h8-11,17H,4-7,15H2,1-3H3. The fraction of sp³-hybridized carbons (Fsp3) is 0.571. The summed E-state index contributed by atoms with van der Waals surface area (Å²) in [5.74, 6) is 0. The molecule has 1 aromatic carbocycles. The first-order valence-corrected chi connectivity index (χ1v) is 6.37. The molecular weight excluding hydrogens is 228 g/mol. The van der Waals surface area contributed by atoms with E-state index in [1.165, 1.54) is 0 Å². The van der Waals surface area contributed by atoms with E-state index in [1.807, 2.05) is 19.1 Å². The van der Waals surface area contributed by atoms with E-state index in [0.717, 1.165) is 23.5 Å². The van der Waals surface area contributed by atoms with Crippen LogP contribution in [-0.4, -0.2) is 37.5 Å². The molecule has 0 saturated carbocycles. The third kappa shape index (κ3) is 4.55. The number of aliphatic hydroxyl groups excluding tert-OH is 1. The molecule has 18 heavy (non-hydrogen) atoms. The molecule has 3 N–H and O–H groups in total. The molecule has 0 heterocycles. The summed E-state index contributed by atoms with van der Waals surface area (Å²) in [4.78, 5) is 2.25. The number of hydrogen-bond acceptors (Lipinski definition) is 4. The lowest BCUT2D eigenvalue weighted by Gasteiger charge is -2.29. The average Bonchev–Trinajstić information content (AvgIpc) is 2.27. The molecule has 1 rings (SSSR count). The van der Waals surface area contributed by atoms with E-state index in [-0.39, 0.29) is 6.61 Å². The Bertz CT molecular complexity index is 347. The van der Waals surface area contributed by atoms with Gasteiger partial charge < -0.3 is 20.5 Å². The number of nitrogen functional groups attached to an aromatic ring is 1. The van der Waals surface area contributed by atoms with Crippen molar-refractivity contribution in [2.75, 3.05) is 37.0 Å². The third-order valence-electron chi connectivity index (χ3n) is 2.75. The van der Waals surface area contributed by atoms with E-state index in [4.69, 9.17) is 15.6 Å². The molecular formula is C14H24N2O2. The number of anilines is 2. The topological polar surface area (TPSA) is 58.7 Å². The lowest BCUT2D eigenvalue weighted by Crippen LogP contribution is -2.34. The van der Waals surface area contributed by atoms with Gasteiger partial charge in [-0.15, -0.1) is 0 Å². The molecule has 4 nitrogen and oxygen atoms in total. The highest BCUT2D eigenvalue weighted by Gasteiger charge is 2.11. The molecule has 0 fully saturated rings. The summed E-state index contributed by atoms with van der Waals surface area (Å²) in [6.07, 6.45) is 0. The highest BCUT2D eigenvalue weighted by atomic mass is 16.5. The van der Waals surface area contributed by atoms with E-state index in [9.17, 15) is 0 Å². The maximum absolute atomic E-state index is 8.68. The van der Waals surface area contributed by atoms with Gasteiger partial charge in [0.25, 0.3) is 0 Å². The Morgan fingerprint density at radius 2 is 2.00 bits per heavy atom. The van der Waals surface area contributed by atoms with Crippen LogP contribution in [0.4, 0.5) is 11.4 Å².